The number of piperazine rings is 1. The third-order valence-corrected chi connectivity index (χ3v) is 5.88. The molecule has 0 amide bonds. The largest absolute Gasteiger partial charge is 0.369 e. The van der Waals surface area contributed by atoms with Crippen molar-refractivity contribution in [1.29, 1.82) is 0 Å². The Morgan fingerprint density at radius 3 is 2.31 bits per heavy atom. The third-order valence-electron chi connectivity index (χ3n) is 5.88. The molecule has 0 bridgehead atoms. The molecule has 1 aromatic heterocycles. The molecule has 1 aliphatic carbocycles. The van der Waals surface area contributed by atoms with Gasteiger partial charge in [-0.3, -0.25) is 4.90 Å². The van der Waals surface area contributed by atoms with E-state index >= 15 is 0 Å². The molecule has 0 atom stereocenters. The molecule has 1 saturated carbocycles. The van der Waals surface area contributed by atoms with E-state index in [9.17, 15) is 4.39 Å². The van der Waals surface area contributed by atoms with Gasteiger partial charge in [0.25, 0.3) is 0 Å². The van der Waals surface area contributed by atoms with Gasteiger partial charge in [-0.1, -0.05) is 0 Å². The normalized spacial score (nSPS) is 21.7. The zero-order valence-electron chi connectivity index (χ0n) is 14.9. The van der Waals surface area contributed by atoms with Gasteiger partial charge in [-0.15, -0.1) is 0 Å². The van der Waals surface area contributed by atoms with Crippen LogP contribution in [0.4, 0.5) is 15.9 Å². The fourth-order valence-electron chi connectivity index (χ4n) is 4.01. The molecular formula is C20H24FN5. The van der Waals surface area contributed by atoms with Crippen LogP contribution in [0.2, 0.25) is 0 Å². The van der Waals surface area contributed by atoms with Crippen LogP contribution < -0.4 is 9.80 Å². The molecule has 3 aliphatic rings. The van der Waals surface area contributed by atoms with Gasteiger partial charge in [0.1, 0.15) is 18.0 Å². The highest BCUT2D eigenvalue weighted by Gasteiger charge is 2.35. The lowest BCUT2D eigenvalue weighted by molar-refractivity contribution is 0.157. The van der Waals surface area contributed by atoms with Crippen molar-refractivity contribution in [2.45, 2.75) is 24.8 Å². The van der Waals surface area contributed by atoms with Gasteiger partial charge >= 0.3 is 0 Å². The summed E-state index contributed by atoms with van der Waals surface area (Å²) < 4.78 is 13.1. The molecule has 6 heteroatoms. The van der Waals surface area contributed by atoms with Gasteiger partial charge in [0.2, 0.25) is 0 Å². The number of nitrogens with zero attached hydrogens (tertiary/aromatic N) is 5. The second-order valence-electron chi connectivity index (χ2n) is 7.63. The third kappa shape index (κ3) is 3.14. The lowest BCUT2D eigenvalue weighted by atomic mass is 10.1. The topological polar surface area (TPSA) is 35.5 Å². The summed E-state index contributed by atoms with van der Waals surface area (Å²) >= 11 is 0. The molecule has 0 spiro atoms. The minimum Gasteiger partial charge on any atom is -0.369 e. The number of hydrogen-bond acceptors (Lipinski definition) is 5. The monoisotopic (exact) mass is 353 g/mol. The Kier molecular flexibility index (Phi) is 4.00. The van der Waals surface area contributed by atoms with Gasteiger partial charge < -0.3 is 9.80 Å². The number of rotatable bonds is 4. The van der Waals surface area contributed by atoms with Crippen LogP contribution in [-0.4, -0.2) is 60.2 Å². The Labute approximate surface area is 153 Å². The van der Waals surface area contributed by atoms with Crippen molar-refractivity contribution < 1.29 is 4.39 Å². The van der Waals surface area contributed by atoms with E-state index in [0.29, 0.717) is 12.0 Å². The molecule has 2 aliphatic heterocycles. The van der Waals surface area contributed by atoms with Crippen LogP contribution in [0.5, 0.6) is 0 Å². The molecule has 0 unspecified atom stereocenters. The second-order valence-corrected chi connectivity index (χ2v) is 7.63. The standard InChI is InChI=1S/C20H24FN5/c21-16-3-5-17(6-4-16)24-7-9-25(10-8-24)18-12-26(13-18)20-11-19(15-1-2-15)22-14-23-20/h3-6,11,14-15,18H,1-2,7-10,12-13H2. The Balaban J connectivity index is 1.14. The maximum Gasteiger partial charge on any atom is 0.132 e. The summed E-state index contributed by atoms with van der Waals surface area (Å²) in [6, 6.07) is 9.64. The minimum absolute atomic E-state index is 0.170. The lowest BCUT2D eigenvalue weighted by Crippen LogP contribution is -2.63. The Bertz CT molecular complexity index is 762. The van der Waals surface area contributed by atoms with Crippen molar-refractivity contribution in [2.24, 2.45) is 0 Å². The smallest absolute Gasteiger partial charge is 0.132 e. The fraction of sp³-hybridized carbons (Fsp3) is 0.500. The van der Waals surface area contributed by atoms with E-state index in [1.54, 1.807) is 18.5 Å². The Morgan fingerprint density at radius 1 is 0.885 bits per heavy atom. The van der Waals surface area contributed by atoms with Crippen LogP contribution in [0.1, 0.15) is 24.5 Å². The molecule has 1 aromatic carbocycles. The van der Waals surface area contributed by atoms with Gasteiger partial charge in [0.15, 0.2) is 0 Å². The average molecular weight is 353 g/mol. The number of anilines is 2. The Hall–Kier alpha value is -2.21. The summed E-state index contributed by atoms with van der Waals surface area (Å²) in [5.41, 5.74) is 2.33. The van der Waals surface area contributed by atoms with E-state index in [-0.39, 0.29) is 5.82 Å². The summed E-state index contributed by atoms with van der Waals surface area (Å²) in [7, 11) is 0. The zero-order valence-corrected chi connectivity index (χ0v) is 14.9. The van der Waals surface area contributed by atoms with Gasteiger partial charge in [0.05, 0.1) is 0 Å². The van der Waals surface area contributed by atoms with Crippen LogP contribution in [0.3, 0.4) is 0 Å². The van der Waals surface area contributed by atoms with Crippen molar-refractivity contribution in [3.63, 3.8) is 0 Å². The molecule has 5 nitrogen and oxygen atoms in total. The summed E-state index contributed by atoms with van der Waals surface area (Å²) in [4.78, 5) is 16.2. The maximum absolute atomic E-state index is 13.1. The molecule has 26 heavy (non-hydrogen) atoms. The first-order chi connectivity index (χ1) is 12.8. The maximum atomic E-state index is 13.1. The number of halogens is 1. The molecule has 3 heterocycles. The quantitative estimate of drug-likeness (QED) is 0.844. The first-order valence-corrected chi connectivity index (χ1v) is 9.58. The second kappa shape index (κ2) is 6.50. The Morgan fingerprint density at radius 2 is 1.62 bits per heavy atom. The van der Waals surface area contributed by atoms with E-state index in [0.717, 1.165) is 50.8 Å². The van der Waals surface area contributed by atoms with Crippen LogP contribution in [-0.2, 0) is 0 Å². The van der Waals surface area contributed by atoms with Crippen LogP contribution in [0, 0.1) is 5.82 Å². The van der Waals surface area contributed by atoms with Gasteiger partial charge in [-0.2, -0.15) is 0 Å². The predicted octanol–water partition coefficient (Wildman–Crippen LogP) is 2.50. The highest BCUT2D eigenvalue weighted by molar-refractivity contribution is 5.47. The van der Waals surface area contributed by atoms with E-state index in [1.807, 2.05) is 12.1 Å². The van der Waals surface area contributed by atoms with Gasteiger partial charge in [0, 0.05) is 68.7 Å². The fourth-order valence-corrected chi connectivity index (χ4v) is 4.01. The molecular weight excluding hydrogens is 329 g/mol. The van der Waals surface area contributed by atoms with E-state index in [2.05, 4.69) is 30.7 Å². The van der Waals surface area contributed by atoms with E-state index in [4.69, 9.17) is 0 Å². The predicted molar refractivity (Wildman–Crippen MR) is 100 cm³/mol. The summed E-state index contributed by atoms with van der Waals surface area (Å²) in [6.45, 7) is 6.23. The molecule has 0 N–H and O–H groups in total. The first kappa shape index (κ1) is 16.0. The molecule has 3 fully saturated rings. The average Bonchev–Trinajstić information content (AvgIpc) is 3.47. The van der Waals surface area contributed by atoms with Crippen LogP contribution in [0.15, 0.2) is 36.7 Å². The van der Waals surface area contributed by atoms with Crippen molar-refractivity contribution >= 4 is 11.5 Å². The van der Waals surface area contributed by atoms with E-state index < -0.39 is 0 Å². The summed E-state index contributed by atoms with van der Waals surface area (Å²) in [6.07, 6.45) is 4.27. The zero-order chi connectivity index (χ0) is 17.5. The summed E-state index contributed by atoms with van der Waals surface area (Å²) in [5.74, 6) is 1.59. The molecule has 5 rings (SSSR count). The SMILES string of the molecule is Fc1ccc(N2CCN(C3CN(c4cc(C5CC5)ncn4)C3)CC2)cc1. The van der Waals surface area contributed by atoms with Crippen molar-refractivity contribution in [3.8, 4) is 0 Å². The van der Waals surface area contributed by atoms with Gasteiger partial charge in [-0.05, 0) is 37.1 Å². The van der Waals surface area contributed by atoms with Gasteiger partial charge in [-0.25, -0.2) is 14.4 Å². The molecule has 0 radical (unpaired) electrons. The van der Waals surface area contributed by atoms with Crippen molar-refractivity contribution in [2.75, 3.05) is 49.1 Å². The van der Waals surface area contributed by atoms with E-state index in [1.165, 1.54) is 18.5 Å². The highest BCUT2D eigenvalue weighted by atomic mass is 19.1. The molecule has 136 valence electrons. The molecule has 2 saturated heterocycles. The number of benzene rings is 1. The first-order valence-electron chi connectivity index (χ1n) is 9.58. The van der Waals surface area contributed by atoms with Crippen molar-refractivity contribution in [3.05, 3.63) is 48.2 Å². The molecule has 2 aromatic rings. The number of hydrogen-bond donors (Lipinski definition) is 0. The lowest BCUT2D eigenvalue weighted by Gasteiger charge is -2.49. The minimum atomic E-state index is -0.170. The van der Waals surface area contributed by atoms with Crippen LogP contribution in [0.25, 0.3) is 0 Å². The number of aromatic nitrogens is 2. The summed E-state index contributed by atoms with van der Waals surface area (Å²) in [5, 5.41) is 0. The van der Waals surface area contributed by atoms with Crippen LogP contribution >= 0.6 is 0 Å². The van der Waals surface area contributed by atoms with Crippen molar-refractivity contribution in [1.82, 2.24) is 14.9 Å². The highest BCUT2D eigenvalue weighted by Crippen LogP contribution is 2.39.